The van der Waals surface area contributed by atoms with Gasteiger partial charge in [0.25, 0.3) is 11.8 Å². The number of methoxy groups -OCH3 is 1. The van der Waals surface area contributed by atoms with Crippen LogP contribution < -0.4 is 10.9 Å². The zero-order chi connectivity index (χ0) is 24.5. The Bertz CT molecular complexity index is 1200. The Labute approximate surface area is 194 Å². The van der Waals surface area contributed by atoms with Crippen molar-refractivity contribution in [3.8, 4) is 11.5 Å². The van der Waals surface area contributed by atoms with Crippen molar-refractivity contribution in [2.75, 3.05) is 7.11 Å². The summed E-state index contributed by atoms with van der Waals surface area (Å²) in [4.78, 5) is 37.2. The fourth-order valence-electron chi connectivity index (χ4n) is 2.77. The number of carbonyl (C=O) groups excluding carboxylic acids is 3. The molecule has 0 bridgehead atoms. The van der Waals surface area contributed by atoms with Crippen LogP contribution in [0.5, 0.6) is 11.5 Å². The van der Waals surface area contributed by atoms with Crippen LogP contribution in [0.2, 0.25) is 0 Å². The van der Waals surface area contributed by atoms with Gasteiger partial charge in [-0.2, -0.15) is 10.2 Å². The molecule has 10 nitrogen and oxygen atoms in total. The third-order valence-electron chi connectivity index (χ3n) is 4.49. The van der Waals surface area contributed by atoms with Gasteiger partial charge in [-0.15, -0.1) is 0 Å². The minimum Gasteiger partial charge on any atom is -0.507 e. The number of phenols is 2. The van der Waals surface area contributed by atoms with Gasteiger partial charge in [0.2, 0.25) is 0 Å². The summed E-state index contributed by atoms with van der Waals surface area (Å²) in [6, 6.07) is 16.5. The number of phenolic OH excluding ortho intramolecular Hbond substituents is 2. The Balaban J connectivity index is 1.79. The summed E-state index contributed by atoms with van der Waals surface area (Å²) in [6.45, 7) is 0. The van der Waals surface area contributed by atoms with Crippen LogP contribution in [0.15, 0.2) is 76.9 Å². The zero-order valence-corrected chi connectivity index (χ0v) is 17.9. The number of amides is 2. The normalized spacial score (nSPS) is 10.9. The fourth-order valence-corrected chi connectivity index (χ4v) is 2.77. The van der Waals surface area contributed by atoms with Gasteiger partial charge in [0, 0.05) is 22.3 Å². The lowest BCUT2D eigenvalue weighted by atomic mass is 10.0. The average Bonchev–Trinajstić information content (AvgIpc) is 2.85. The molecule has 0 radical (unpaired) electrons. The Hall–Kier alpha value is -4.99. The molecule has 0 aromatic heterocycles. The van der Waals surface area contributed by atoms with Crippen molar-refractivity contribution in [3.63, 3.8) is 0 Å². The first-order chi connectivity index (χ1) is 16.4. The van der Waals surface area contributed by atoms with Gasteiger partial charge in [-0.05, 0) is 42.5 Å². The smallest absolute Gasteiger partial charge is 0.337 e. The number of ether oxygens (including phenoxy) is 1. The largest absolute Gasteiger partial charge is 0.507 e. The molecule has 0 saturated heterocycles. The number of aromatic hydroxyl groups is 2. The topological polar surface area (TPSA) is 150 Å². The molecule has 0 fully saturated rings. The van der Waals surface area contributed by atoms with Gasteiger partial charge in [-0.3, -0.25) is 9.59 Å². The van der Waals surface area contributed by atoms with Crippen LogP contribution in [-0.2, 0) is 4.74 Å². The van der Waals surface area contributed by atoms with Crippen LogP contribution in [0.25, 0.3) is 0 Å². The standard InChI is InChI=1S/C24H20N4O6/c1-34-24(33)19-11-17(22(31)27-25-13-15-6-2-4-8-20(15)29)10-18(12-19)23(32)28-26-14-16-7-3-5-9-21(16)30/h2-14,29-30H,1H3,(H,27,31)(H,28,32)/b25-13-,26-14-. The van der Waals surface area contributed by atoms with E-state index >= 15 is 0 Å². The molecule has 0 aliphatic rings. The molecule has 0 atom stereocenters. The molecule has 2 amide bonds. The van der Waals surface area contributed by atoms with E-state index in [9.17, 15) is 24.6 Å². The third-order valence-corrected chi connectivity index (χ3v) is 4.49. The second-order valence-electron chi connectivity index (χ2n) is 6.81. The monoisotopic (exact) mass is 460 g/mol. The minimum atomic E-state index is -0.751. The molecular formula is C24H20N4O6. The molecule has 0 saturated carbocycles. The number of nitrogens with one attached hydrogen (secondary N) is 2. The number of benzene rings is 3. The molecule has 0 aliphatic heterocycles. The summed E-state index contributed by atoms with van der Waals surface area (Å²) >= 11 is 0. The molecule has 0 aliphatic carbocycles. The first-order valence-corrected chi connectivity index (χ1v) is 9.85. The second-order valence-corrected chi connectivity index (χ2v) is 6.81. The van der Waals surface area contributed by atoms with E-state index in [-0.39, 0.29) is 28.2 Å². The van der Waals surface area contributed by atoms with E-state index in [1.807, 2.05) is 0 Å². The summed E-state index contributed by atoms with van der Waals surface area (Å²) in [6.07, 6.45) is 2.50. The van der Waals surface area contributed by atoms with E-state index < -0.39 is 17.8 Å². The van der Waals surface area contributed by atoms with Crippen LogP contribution in [-0.4, -0.2) is 47.5 Å². The zero-order valence-electron chi connectivity index (χ0n) is 17.9. The van der Waals surface area contributed by atoms with Gasteiger partial charge in [0.15, 0.2) is 0 Å². The lowest BCUT2D eigenvalue weighted by Gasteiger charge is -2.07. The van der Waals surface area contributed by atoms with Crippen molar-refractivity contribution in [1.29, 1.82) is 0 Å². The molecule has 0 heterocycles. The molecule has 3 aromatic carbocycles. The molecule has 172 valence electrons. The fraction of sp³-hybridized carbons (Fsp3) is 0.0417. The van der Waals surface area contributed by atoms with E-state index in [2.05, 4.69) is 21.1 Å². The molecule has 10 heteroatoms. The first-order valence-electron chi connectivity index (χ1n) is 9.85. The van der Waals surface area contributed by atoms with Crippen molar-refractivity contribution >= 4 is 30.2 Å². The third kappa shape index (κ3) is 6.04. The number of nitrogens with zero attached hydrogens (tertiary/aromatic N) is 2. The molecule has 0 unspecified atom stereocenters. The van der Waals surface area contributed by atoms with Gasteiger partial charge in [-0.25, -0.2) is 15.6 Å². The summed E-state index contributed by atoms with van der Waals surface area (Å²) in [5.41, 5.74) is 5.21. The van der Waals surface area contributed by atoms with Crippen molar-refractivity contribution in [2.45, 2.75) is 0 Å². The van der Waals surface area contributed by atoms with Crippen LogP contribution in [0.3, 0.4) is 0 Å². The quantitative estimate of drug-likeness (QED) is 0.242. The highest BCUT2D eigenvalue weighted by molar-refractivity contribution is 6.03. The molecule has 3 rings (SSSR count). The molecule has 0 spiro atoms. The second kappa shape index (κ2) is 11.0. The van der Waals surface area contributed by atoms with Crippen LogP contribution in [0.1, 0.15) is 42.2 Å². The van der Waals surface area contributed by atoms with E-state index in [4.69, 9.17) is 4.74 Å². The minimum absolute atomic E-state index is 0.0171. The SMILES string of the molecule is COC(=O)c1cc(C(=O)N/N=C\c2ccccc2O)cc(C(=O)N/N=C\c2ccccc2O)c1. The number of hydrogen-bond acceptors (Lipinski definition) is 8. The highest BCUT2D eigenvalue weighted by Gasteiger charge is 2.16. The Morgan fingerprint density at radius 2 is 1.15 bits per heavy atom. The van der Waals surface area contributed by atoms with E-state index in [1.165, 1.54) is 49.9 Å². The molecule has 34 heavy (non-hydrogen) atoms. The van der Waals surface area contributed by atoms with Crippen LogP contribution in [0.4, 0.5) is 0 Å². The molecule has 3 aromatic rings. The van der Waals surface area contributed by atoms with Gasteiger partial charge < -0.3 is 14.9 Å². The predicted molar refractivity (Wildman–Crippen MR) is 124 cm³/mol. The molecular weight excluding hydrogens is 440 g/mol. The molecule has 4 N–H and O–H groups in total. The van der Waals surface area contributed by atoms with E-state index in [1.54, 1.807) is 36.4 Å². The number of hydrogen-bond donors (Lipinski definition) is 4. The Morgan fingerprint density at radius 3 is 1.56 bits per heavy atom. The van der Waals surface area contributed by atoms with E-state index in [0.29, 0.717) is 11.1 Å². The maximum absolute atomic E-state index is 12.6. The maximum atomic E-state index is 12.6. The highest BCUT2D eigenvalue weighted by atomic mass is 16.5. The summed E-state index contributed by atoms with van der Waals surface area (Å²) in [5.74, 6) is -2.19. The lowest BCUT2D eigenvalue weighted by Crippen LogP contribution is -2.22. The summed E-state index contributed by atoms with van der Waals surface area (Å²) in [7, 11) is 1.17. The van der Waals surface area contributed by atoms with Gasteiger partial charge in [-0.1, -0.05) is 24.3 Å². The van der Waals surface area contributed by atoms with Crippen LogP contribution in [0, 0.1) is 0 Å². The first kappa shape index (κ1) is 23.7. The Morgan fingerprint density at radius 1 is 0.735 bits per heavy atom. The number of rotatable bonds is 7. The van der Waals surface area contributed by atoms with Crippen molar-refractivity contribution in [2.24, 2.45) is 10.2 Å². The summed E-state index contributed by atoms with van der Waals surface area (Å²) < 4.78 is 4.69. The van der Waals surface area contributed by atoms with Crippen LogP contribution >= 0.6 is 0 Å². The van der Waals surface area contributed by atoms with Gasteiger partial charge in [0.1, 0.15) is 11.5 Å². The maximum Gasteiger partial charge on any atom is 0.337 e. The lowest BCUT2D eigenvalue weighted by molar-refractivity contribution is 0.0600. The number of hydrazone groups is 2. The van der Waals surface area contributed by atoms with Gasteiger partial charge >= 0.3 is 5.97 Å². The number of esters is 1. The number of para-hydroxylation sites is 2. The van der Waals surface area contributed by atoms with Gasteiger partial charge in [0.05, 0.1) is 25.1 Å². The van der Waals surface area contributed by atoms with Crippen molar-refractivity contribution < 1.29 is 29.3 Å². The van der Waals surface area contributed by atoms with E-state index in [0.717, 1.165) is 0 Å². The van der Waals surface area contributed by atoms with Crippen molar-refractivity contribution in [3.05, 3.63) is 94.5 Å². The van der Waals surface area contributed by atoms with Crippen molar-refractivity contribution in [1.82, 2.24) is 10.9 Å². The Kier molecular flexibility index (Phi) is 7.69. The number of carbonyl (C=O) groups is 3. The average molecular weight is 460 g/mol. The highest BCUT2D eigenvalue weighted by Crippen LogP contribution is 2.15. The summed E-state index contributed by atoms with van der Waals surface area (Å²) in [5, 5.41) is 27.1. The predicted octanol–water partition coefficient (Wildman–Crippen LogP) is 2.41.